The van der Waals surface area contributed by atoms with Crippen LogP contribution in [0.15, 0.2) is 59.5 Å². The van der Waals surface area contributed by atoms with Crippen LogP contribution in [-0.2, 0) is 10.0 Å². The summed E-state index contributed by atoms with van der Waals surface area (Å²) in [5.41, 5.74) is 3.03. The Kier molecular flexibility index (Phi) is 4.24. The van der Waals surface area contributed by atoms with Crippen LogP contribution in [0, 0.1) is 6.92 Å². The number of ether oxygens (including phenoxy) is 1. The van der Waals surface area contributed by atoms with E-state index in [1.807, 2.05) is 49.4 Å². The number of rotatable bonds is 4. The van der Waals surface area contributed by atoms with Crippen LogP contribution in [-0.4, -0.2) is 32.9 Å². The zero-order valence-corrected chi connectivity index (χ0v) is 14.0. The van der Waals surface area contributed by atoms with Gasteiger partial charge in [-0.05, 0) is 42.3 Å². The maximum absolute atomic E-state index is 12.7. The van der Waals surface area contributed by atoms with Crippen LogP contribution in [0.2, 0.25) is 0 Å². The molecule has 120 valence electrons. The second-order valence-electron chi connectivity index (χ2n) is 5.57. The van der Waals surface area contributed by atoms with Crippen LogP contribution in [0.1, 0.15) is 11.1 Å². The second-order valence-corrected chi connectivity index (χ2v) is 7.51. The summed E-state index contributed by atoms with van der Waals surface area (Å²) in [6.45, 7) is 2.71. The van der Waals surface area contributed by atoms with E-state index >= 15 is 0 Å². The summed E-state index contributed by atoms with van der Waals surface area (Å²) in [4.78, 5) is 0.336. The molecule has 2 aromatic carbocycles. The molecule has 0 atom stereocenters. The zero-order valence-electron chi connectivity index (χ0n) is 13.2. The normalized spacial score (nSPS) is 15.5. The van der Waals surface area contributed by atoms with E-state index in [4.69, 9.17) is 4.74 Å². The topological polar surface area (TPSA) is 46.6 Å². The monoisotopic (exact) mass is 329 g/mol. The van der Waals surface area contributed by atoms with Crippen molar-refractivity contribution in [1.82, 2.24) is 4.31 Å². The molecule has 5 heteroatoms. The van der Waals surface area contributed by atoms with E-state index in [0.29, 0.717) is 18.0 Å². The predicted molar refractivity (Wildman–Crippen MR) is 90.9 cm³/mol. The van der Waals surface area contributed by atoms with Crippen LogP contribution >= 0.6 is 0 Å². The molecule has 0 saturated heterocycles. The van der Waals surface area contributed by atoms with Crippen molar-refractivity contribution in [1.29, 1.82) is 0 Å². The first-order valence-electron chi connectivity index (χ1n) is 7.41. The Morgan fingerprint density at radius 3 is 2.52 bits per heavy atom. The number of hydrogen-bond acceptors (Lipinski definition) is 3. The molecule has 0 saturated carbocycles. The minimum atomic E-state index is -3.46. The Bertz CT molecular complexity index is 839. The molecule has 0 aromatic heterocycles. The lowest BCUT2D eigenvalue weighted by molar-refractivity contribution is 0.414. The van der Waals surface area contributed by atoms with Gasteiger partial charge in [0.05, 0.1) is 12.0 Å². The number of aryl methyl sites for hydroxylation is 1. The van der Waals surface area contributed by atoms with Crippen molar-refractivity contribution in [3.63, 3.8) is 0 Å². The number of sulfonamides is 1. The molecule has 0 unspecified atom stereocenters. The predicted octanol–water partition coefficient (Wildman–Crippen LogP) is 3.09. The van der Waals surface area contributed by atoms with E-state index in [-0.39, 0.29) is 0 Å². The van der Waals surface area contributed by atoms with E-state index < -0.39 is 10.0 Å². The first kappa shape index (κ1) is 15.8. The average molecular weight is 329 g/mol. The molecular weight excluding hydrogens is 310 g/mol. The van der Waals surface area contributed by atoms with E-state index in [9.17, 15) is 8.42 Å². The Balaban J connectivity index is 1.81. The number of benzene rings is 2. The molecule has 0 radical (unpaired) electrons. The van der Waals surface area contributed by atoms with Crippen LogP contribution in [0.5, 0.6) is 5.75 Å². The summed E-state index contributed by atoms with van der Waals surface area (Å²) in [6.07, 6.45) is 1.96. The summed E-state index contributed by atoms with van der Waals surface area (Å²) >= 11 is 0. The summed E-state index contributed by atoms with van der Waals surface area (Å²) in [7, 11) is -1.84. The zero-order chi connectivity index (χ0) is 16.4. The molecule has 0 bridgehead atoms. The van der Waals surface area contributed by atoms with E-state index in [1.165, 1.54) is 4.31 Å². The molecule has 2 aromatic rings. The lowest BCUT2D eigenvalue weighted by Gasteiger charge is -2.17. The van der Waals surface area contributed by atoms with Gasteiger partial charge in [-0.2, -0.15) is 4.31 Å². The van der Waals surface area contributed by atoms with Gasteiger partial charge < -0.3 is 4.74 Å². The molecule has 3 rings (SSSR count). The van der Waals surface area contributed by atoms with Crippen LogP contribution in [0.4, 0.5) is 0 Å². The van der Waals surface area contributed by atoms with Crippen molar-refractivity contribution in [3.8, 4) is 5.75 Å². The third-order valence-electron chi connectivity index (χ3n) is 3.99. The quantitative estimate of drug-likeness (QED) is 0.866. The third-order valence-corrected chi connectivity index (χ3v) is 5.81. The molecule has 0 N–H and O–H groups in total. The number of nitrogens with zero attached hydrogens (tertiary/aromatic N) is 1. The molecule has 0 fully saturated rings. The summed E-state index contributed by atoms with van der Waals surface area (Å²) in [5.74, 6) is 0.767. The lowest BCUT2D eigenvalue weighted by Crippen LogP contribution is -2.29. The lowest BCUT2D eigenvalue weighted by atomic mass is 10.1. The summed E-state index contributed by atoms with van der Waals surface area (Å²) in [5, 5.41) is 0. The van der Waals surface area contributed by atoms with Gasteiger partial charge >= 0.3 is 0 Å². The molecule has 1 aliphatic heterocycles. The highest BCUT2D eigenvalue weighted by Crippen LogP contribution is 2.28. The molecule has 0 amide bonds. The largest absolute Gasteiger partial charge is 0.497 e. The minimum absolute atomic E-state index is 0.336. The highest BCUT2D eigenvalue weighted by molar-refractivity contribution is 7.89. The molecule has 1 aliphatic rings. The van der Waals surface area contributed by atoms with Gasteiger partial charge in [-0.3, -0.25) is 0 Å². The van der Waals surface area contributed by atoms with Gasteiger partial charge in [0, 0.05) is 13.1 Å². The van der Waals surface area contributed by atoms with Crippen molar-refractivity contribution in [3.05, 3.63) is 65.7 Å². The smallest absolute Gasteiger partial charge is 0.243 e. The Labute approximate surface area is 137 Å². The van der Waals surface area contributed by atoms with Gasteiger partial charge in [0.2, 0.25) is 10.0 Å². The van der Waals surface area contributed by atoms with E-state index in [2.05, 4.69) is 0 Å². The summed E-state index contributed by atoms with van der Waals surface area (Å²) in [6, 6.07) is 14.6. The summed E-state index contributed by atoms with van der Waals surface area (Å²) < 4.78 is 32.1. The Morgan fingerprint density at radius 2 is 1.83 bits per heavy atom. The average Bonchev–Trinajstić information content (AvgIpc) is 3.06. The second kappa shape index (κ2) is 6.18. The van der Waals surface area contributed by atoms with Crippen molar-refractivity contribution < 1.29 is 13.2 Å². The molecule has 0 aliphatic carbocycles. The van der Waals surface area contributed by atoms with Crippen LogP contribution < -0.4 is 4.74 Å². The van der Waals surface area contributed by atoms with Gasteiger partial charge in [0.15, 0.2) is 0 Å². The number of hydrogen-bond donors (Lipinski definition) is 0. The third kappa shape index (κ3) is 3.16. The first-order chi connectivity index (χ1) is 11.0. The van der Waals surface area contributed by atoms with Gasteiger partial charge in [0.1, 0.15) is 5.75 Å². The highest BCUT2D eigenvalue weighted by atomic mass is 32.2. The number of methoxy groups -OCH3 is 1. The van der Waals surface area contributed by atoms with Crippen molar-refractivity contribution in [2.24, 2.45) is 0 Å². The van der Waals surface area contributed by atoms with Crippen molar-refractivity contribution in [2.75, 3.05) is 20.2 Å². The van der Waals surface area contributed by atoms with Gasteiger partial charge in [0.25, 0.3) is 0 Å². The Hall–Kier alpha value is -2.11. The van der Waals surface area contributed by atoms with E-state index in [1.54, 1.807) is 19.2 Å². The maximum Gasteiger partial charge on any atom is 0.243 e. The van der Waals surface area contributed by atoms with Gasteiger partial charge in [-0.15, -0.1) is 0 Å². The molecular formula is C18H19NO3S. The fraction of sp³-hybridized carbons (Fsp3) is 0.222. The van der Waals surface area contributed by atoms with Crippen molar-refractivity contribution in [2.45, 2.75) is 11.8 Å². The van der Waals surface area contributed by atoms with E-state index in [0.717, 1.165) is 22.4 Å². The SMILES string of the molecule is COc1cccc(C2=CCN(S(=O)(=O)c3ccc(C)cc3)C2)c1. The molecule has 1 heterocycles. The minimum Gasteiger partial charge on any atom is -0.497 e. The molecule has 4 nitrogen and oxygen atoms in total. The van der Waals surface area contributed by atoms with Crippen LogP contribution in [0.3, 0.4) is 0 Å². The highest BCUT2D eigenvalue weighted by Gasteiger charge is 2.28. The van der Waals surface area contributed by atoms with Crippen LogP contribution in [0.25, 0.3) is 5.57 Å². The van der Waals surface area contributed by atoms with Gasteiger partial charge in [-0.25, -0.2) is 8.42 Å². The molecule has 23 heavy (non-hydrogen) atoms. The fourth-order valence-electron chi connectivity index (χ4n) is 2.61. The van der Waals surface area contributed by atoms with Crippen molar-refractivity contribution >= 4 is 15.6 Å². The standard InChI is InChI=1S/C18H19NO3S/c1-14-6-8-18(9-7-14)23(20,21)19-11-10-16(13-19)15-4-3-5-17(12-15)22-2/h3-10,12H,11,13H2,1-2H3. The molecule has 0 spiro atoms. The first-order valence-corrected chi connectivity index (χ1v) is 8.85. The fourth-order valence-corrected chi connectivity index (χ4v) is 3.96. The Morgan fingerprint density at radius 1 is 1.09 bits per heavy atom. The van der Waals surface area contributed by atoms with Gasteiger partial charge in [-0.1, -0.05) is 35.9 Å². The maximum atomic E-state index is 12.7.